The minimum absolute atomic E-state index is 0.708. The van der Waals surface area contributed by atoms with E-state index >= 15 is 0 Å². The summed E-state index contributed by atoms with van der Waals surface area (Å²) in [5, 5.41) is 4.89. The molecule has 1 aromatic heterocycles. The van der Waals surface area contributed by atoms with Crippen molar-refractivity contribution in [3.8, 4) is 28.5 Å². The van der Waals surface area contributed by atoms with E-state index in [0.717, 1.165) is 28.3 Å². The molecular weight excluding hydrogens is 472 g/mol. The van der Waals surface area contributed by atoms with E-state index in [0.29, 0.717) is 5.82 Å². The minimum atomic E-state index is 0.708. The van der Waals surface area contributed by atoms with E-state index in [1.165, 1.54) is 21.2 Å². The van der Waals surface area contributed by atoms with Gasteiger partial charge in [-0.15, -0.1) is 5.10 Å². The molecule has 5 heteroatoms. The summed E-state index contributed by atoms with van der Waals surface area (Å²) in [7, 11) is 0. The molecule has 0 saturated carbocycles. The molecule has 0 atom stereocenters. The lowest BCUT2D eigenvalue weighted by molar-refractivity contribution is 0.890. The van der Waals surface area contributed by atoms with E-state index < -0.39 is 0 Å². The van der Waals surface area contributed by atoms with Crippen LogP contribution >= 0.6 is 11.8 Å². The Morgan fingerprint density at radius 3 is 1.70 bits per heavy atom. The topological polar surface area (TPSA) is 34.0 Å². The predicted molar refractivity (Wildman–Crippen MR) is 151 cm³/mol. The summed E-state index contributed by atoms with van der Waals surface area (Å²) in [5.74, 6) is 1.52. The maximum Gasteiger partial charge on any atom is 0.182 e. The van der Waals surface area contributed by atoms with Gasteiger partial charge in [-0.2, -0.15) is 0 Å². The quantitative estimate of drug-likeness (QED) is 0.245. The van der Waals surface area contributed by atoms with Crippen LogP contribution in [0.25, 0.3) is 28.5 Å². The molecular formula is C32H22N4S. The molecule has 0 saturated heterocycles. The number of rotatable bonds is 4. The molecule has 0 radical (unpaired) electrons. The third-order valence-electron chi connectivity index (χ3n) is 6.46. The first-order valence-corrected chi connectivity index (χ1v) is 13.0. The van der Waals surface area contributed by atoms with Crippen molar-refractivity contribution in [2.75, 3.05) is 4.90 Å². The average Bonchev–Trinajstić information content (AvgIpc) is 3.43. The Bertz CT molecular complexity index is 1650. The van der Waals surface area contributed by atoms with E-state index in [-0.39, 0.29) is 0 Å². The molecule has 0 bridgehead atoms. The number of hydrogen-bond donors (Lipinski definition) is 0. The van der Waals surface area contributed by atoms with Gasteiger partial charge in [0.1, 0.15) is 0 Å². The number of hydrogen-bond acceptors (Lipinski definition) is 4. The maximum atomic E-state index is 4.98. The Balaban J connectivity index is 1.33. The van der Waals surface area contributed by atoms with E-state index in [1.807, 2.05) is 65.0 Å². The zero-order chi connectivity index (χ0) is 24.6. The zero-order valence-electron chi connectivity index (χ0n) is 19.9. The van der Waals surface area contributed by atoms with E-state index in [1.54, 1.807) is 0 Å². The molecule has 176 valence electrons. The molecule has 5 aromatic carbocycles. The van der Waals surface area contributed by atoms with Gasteiger partial charge in [-0.1, -0.05) is 84.6 Å². The van der Waals surface area contributed by atoms with Crippen molar-refractivity contribution in [2.45, 2.75) is 9.79 Å². The van der Waals surface area contributed by atoms with Gasteiger partial charge in [0, 0.05) is 26.6 Å². The predicted octanol–water partition coefficient (Wildman–Crippen LogP) is 8.54. The Labute approximate surface area is 219 Å². The third-order valence-corrected chi connectivity index (χ3v) is 7.59. The monoisotopic (exact) mass is 494 g/mol. The van der Waals surface area contributed by atoms with Gasteiger partial charge in [0.25, 0.3) is 0 Å². The van der Waals surface area contributed by atoms with E-state index in [2.05, 4.69) is 89.8 Å². The van der Waals surface area contributed by atoms with Gasteiger partial charge in [0.05, 0.1) is 17.1 Å². The summed E-state index contributed by atoms with van der Waals surface area (Å²) in [5.41, 5.74) is 6.48. The van der Waals surface area contributed by atoms with Gasteiger partial charge in [0.15, 0.2) is 11.6 Å². The zero-order valence-corrected chi connectivity index (χ0v) is 20.7. The first-order valence-electron chi connectivity index (χ1n) is 12.2. The molecule has 0 aliphatic carbocycles. The van der Waals surface area contributed by atoms with Crippen molar-refractivity contribution in [1.29, 1.82) is 0 Å². The Kier molecular flexibility index (Phi) is 5.34. The lowest BCUT2D eigenvalue weighted by Crippen LogP contribution is -2.14. The number of fused-ring (bicyclic) bond motifs is 2. The normalized spacial score (nSPS) is 12.2. The SMILES string of the molecule is c1ccc(-c2nc(-c3ccc(N4c5ccccc5Sc5ccccc54)cc3)n(-c3ccccc3)n2)cc1. The standard InChI is InChI=1S/C32H22N4S/c1-3-11-23(12-4-1)31-33-32(36(34-31)26-13-5-2-6-14-26)24-19-21-25(22-20-24)35-27-15-7-9-17-29(27)37-30-18-10-8-16-28(30)35/h1-22H. The number of aromatic nitrogens is 3. The summed E-state index contributed by atoms with van der Waals surface area (Å²) >= 11 is 1.82. The molecule has 0 unspecified atom stereocenters. The molecule has 0 fully saturated rings. The van der Waals surface area contributed by atoms with Crippen molar-refractivity contribution < 1.29 is 0 Å². The molecule has 2 heterocycles. The smallest absolute Gasteiger partial charge is 0.182 e. The fourth-order valence-electron chi connectivity index (χ4n) is 4.70. The van der Waals surface area contributed by atoms with Crippen LogP contribution in [0, 0.1) is 0 Å². The molecule has 37 heavy (non-hydrogen) atoms. The highest BCUT2D eigenvalue weighted by atomic mass is 32.2. The van der Waals surface area contributed by atoms with Crippen LogP contribution in [0.4, 0.5) is 17.1 Å². The van der Waals surface area contributed by atoms with Gasteiger partial charge in [0.2, 0.25) is 0 Å². The molecule has 7 rings (SSSR count). The van der Waals surface area contributed by atoms with E-state index in [4.69, 9.17) is 10.1 Å². The first kappa shape index (κ1) is 21.7. The largest absolute Gasteiger partial charge is 0.308 e. The maximum absolute atomic E-state index is 4.98. The van der Waals surface area contributed by atoms with Crippen molar-refractivity contribution in [1.82, 2.24) is 14.8 Å². The van der Waals surface area contributed by atoms with Gasteiger partial charge < -0.3 is 4.90 Å². The lowest BCUT2D eigenvalue weighted by Gasteiger charge is -2.32. The van der Waals surface area contributed by atoms with Crippen molar-refractivity contribution in [3.05, 3.63) is 133 Å². The number of anilines is 3. The van der Waals surface area contributed by atoms with Crippen molar-refractivity contribution in [3.63, 3.8) is 0 Å². The average molecular weight is 495 g/mol. The number of para-hydroxylation sites is 3. The Hall–Kier alpha value is -4.61. The Morgan fingerprint density at radius 2 is 1.05 bits per heavy atom. The summed E-state index contributed by atoms with van der Waals surface area (Å²) in [4.78, 5) is 9.81. The Morgan fingerprint density at radius 1 is 0.486 bits per heavy atom. The van der Waals surface area contributed by atoms with Crippen LogP contribution in [0.1, 0.15) is 0 Å². The van der Waals surface area contributed by atoms with Crippen molar-refractivity contribution in [2.24, 2.45) is 0 Å². The molecule has 4 nitrogen and oxygen atoms in total. The minimum Gasteiger partial charge on any atom is -0.308 e. The molecule has 6 aromatic rings. The van der Waals surface area contributed by atoms with Crippen LogP contribution in [0.3, 0.4) is 0 Å². The van der Waals surface area contributed by atoms with Gasteiger partial charge in [-0.3, -0.25) is 0 Å². The van der Waals surface area contributed by atoms with Crippen LogP contribution in [0.5, 0.6) is 0 Å². The first-order chi connectivity index (χ1) is 18.3. The summed E-state index contributed by atoms with van der Waals surface area (Å²) in [6.45, 7) is 0. The second kappa shape index (κ2) is 9.12. The van der Waals surface area contributed by atoms with Crippen LogP contribution < -0.4 is 4.90 Å². The van der Waals surface area contributed by atoms with Crippen LogP contribution in [0.15, 0.2) is 143 Å². The highest BCUT2D eigenvalue weighted by molar-refractivity contribution is 7.99. The van der Waals surface area contributed by atoms with Gasteiger partial charge in [-0.25, -0.2) is 9.67 Å². The van der Waals surface area contributed by atoms with E-state index in [9.17, 15) is 0 Å². The van der Waals surface area contributed by atoms with Gasteiger partial charge >= 0.3 is 0 Å². The molecule has 1 aliphatic rings. The summed E-state index contributed by atoms with van der Waals surface area (Å²) < 4.78 is 1.93. The highest BCUT2D eigenvalue weighted by Gasteiger charge is 2.24. The molecule has 0 N–H and O–H groups in total. The number of nitrogens with zero attached hydrogens (tertiary/aromatic N) is 4. The van der Waals surface area contributed by atoms with Crippen LogP contribution in [-0.2, 0) is 0 Å². The second-order valence-electron chi connectivity index (χ2n) is 8.79. The van der Waals surface area contributed by atoms with Crippen molar-refractivity contribution >= 4 is 28.8 Å². The summed E-state index contributed by atoms with van der Waals surface area (Å²) in [6, 6.07) is 46.0. The van der Waals surface area contributed by atoms with Gasteiger partial charge in [-0.05, 0) is 60.7 Å². The fourth-order valence-corrected chi connectivity index (χ4v) is 5.76. The second-order valence-corrected chi connectivity index (χ2v) is 9.88. The van der Waals surface area contributed by atoms with Crippen LogP contribution in [-0.4, -0.2) is 14.8 Å². The fraction of sp³-hybridized carbons (Fsp3) is 0. The summed E-state index contributed by atoms with van der Waals surface area (Å²) in [6.07, 6.45) is 0. The third kappa shape index (κ3) is 3.90. The molecule has 1 aliphatic heterocycles. The highest BCUT2D eigenvalue weighted by Crippen LogP contribution is 2.51. The van der Waals surface area contributed by atoms with Crippen LogP contribution in [0.2, 0.25) is 0 Å². The molecule has 0 spiro atoms. The molecule has 0 amide bonds. The lowest BCUT2D eigenvalue weighted by atomic mass is 10.1. The number of benzene rings is 5.